The van der Waals surface area contributed by atoms with Crippen molar-refractivity contribution in [1.82, 2.24) is 5.32 Å². The van der Waals surface area contributed by atoms with Crippen LogP contribution in [-0.2, 0) is 19.4 Å². The van der Waals surface area contributed by atoms with Crippen molar-refractivity contribution in [3.05, 3.63) is 0 Å². The van der Waals surface area contributed by atoms with Crippen molar-refractivity contribution in [1.29, 1.82) is 0 Å². The lowest BCUT2D eigenvalue weighted by molar-refractivity contribution is -0.143. The monoisotopic (exact) mass is 291 g/mol. The molecule has 0 bridgehead atoms. The second-order valence-electron chi connectivity index (χ2n) is 5.46. The molecule has 1 fully saturated rings. The van der Waals surface area contributed by atoms with E-state index in [0.29, 0.717) is 6.42 Å². The molecule has 1 aliphatic heterocycles. The highest BCUT2D eigenvalue weighted by atomic mass is 32.2. The van der Waals surface area contributed by atoms with Gasteiger partial charge in [-0.15, -0.1) is 0 Å². The lowest BCUT2D eigenvalue weighted by Crippen LogP contribution is -2.45. The maximum Gasteiger partial charge on any atom is 0.326 e. The molecular formula is C12H21NO5S. The van der Waals surface area contributed by atoms with Crippen LogP contribution < -0.4 is 5.32 Å². The summed E-state index contributed by atoms with van der Waals surface area (Å²) in [5, 5.41) is 11.6. The average Bonchev–Trinajstić information content (AvgIpc) is 2.27. The van der Waals surface area contributed by atoms with Crippen LogP contribution in [0.5, 0.6) is 0 Å². The van der Waals surface area contributed by atoms with E-state index in [9.17, 15) is 18.0 Å². The Kier molecular flexibility index (Phi) is 5.34. The fourth-order valence-electron chi connectivity index (χ4n) is 2.13. The van der Waals surface area contributed by atoms with Gasteiger partial charge in [-0.3, -0.25) is 4.79 Å². The third-order valence-electron chi connectivity index (χ3n) is 3.25. The quantitative estimate of drug-likeness (QED) is 0.765. The first-order chi connectivity index (χ1) is 8.71. The Hall–Kier alpha value is -1.11. The molecule has 0 aromatic carbocycles. The van der Waals surface area contributed by atoms with Crippen LogP contribution in [0.25, 0.3) is 0 Å². The van der Waals surface area contributed by atoms with E-state index in [-0.39, 0.29) is 36.2 Å². The van der Waals surface area contributed by atoms with Crippen molar-refractivity contribution in [2.24, 2.45) is 11.8 Å². The van der Waals surface area contributed by atoms with Crippen LogP contribution in [0, 0.1) is 11.8 Å². The summed E-state index contributed by atoms with van der Waals surface area (Å²) in [6.07, 6.45) is 0.927. The summed E-state index contributed by atoms with van der Waals surface area (Å²) in [6.45, 7) is 3.77. The number of carbonyl (C=O) groups excluding carboxylic acids is 1. The Morgan fingerprint density at radius 2 is 1.79 bits per heavy atom. The summed E-state index contributed by atoms with van der Waals surface area (Å²) in [7, 11) is -3.01. The van der Waals surface area contributed by atoms with Gasteiger partial charge in [-0.2, -0.15) is 0 Å². The molecule has 19 heavy (non-hydrogen) atoms. The summed E-state index contributed by atoms with van der Waals surface area (Å²) in [4.78, 5) is 23.0. The molecule has 1 saturated heterocycles. The highest BCUT2D eigenvalue weighted by molar-refractivity contribution is 7.91. The second kappa shape index (κ2) is 6.36. The minimum atomic E-state index is -3.01. The molecule has 0 unspecified atom stereocenters. The molecule has 0 aliphatic carbocycles. The Morgan fingerprint density at radius 3 is 2.21 bits per heavy atom. The Labute approximate surface area is 113 Å². The molecular weight excluding hydrogens is 270 g/mol. The molecule has 0 saturated carbocycles. The van der Waals surface area contributed by atoms with E-state index in [0.717, 1.165) is 0 Å². The Morgan fingerprint density at radius 1 is 1.26 bits per heavy atom. The normalized spacial score (nSPS) is 21.0. The Bertz CT molecular complexity index is 429. The van der Waals surface area contributed by atoms with Crippen LogP contribution in [0.15, 0.2) is 0 Å². The van der Waals surface area contributed by atoms with Gasteiger partial charge in [-0.25, -0.2) is 13.2 Å². The highest BCUT2D eigenvalue weighted by Crippen LogP contribution is 2.19. The van der Waals surface area contributed by atoms with Crippen molar-refractivity contribution >= 4 is 21.7 Å². The average molecular weight is 291 g/mol. The largest absolute Gasteiger partial charge is 0.480 e. The molecule has 1 aliphatic rings. The van der Waals surface area contributed by atoms with E-state index in [1.807, 2.05) is 13.8 Å². The maximum atomic E-state index is 11.9. The first-order valence-corrected chi connectivity index (χ1v) is 8.27. The van der Waals surface area contributed by atoms with E-state index >= 15 is 0 Å². The molecule has 0 aromatic rings. The number of aliphatic carboxylic acids is 1. The van der Waals surface area contributed by atoms with Gasteiger partial charge in [0.15, 0.2) is 0 Å². The SMILES string of the molecule is CC(C)C[C@H](NC(=O)C1CCS(=O)(=O)CC1)C(=O)O. The third-order valence-corrected chi connectivity index (χ3v) is 4.96. The Balaban J connectivity index is 2.56. The van der Waals surface area contributed by atoms with Gasteiger partial charge < -0.3 is 10.4 Å². The number of amides is 1. The number of sulfone groups is 1. The van der Waals surface area contributed by atoms with E-state index in [1.54, 1.807) is 0 Å². The number of hydrogen-bond acceptors (Lipinski definition) is 4. The van der Waals surface area contributed by atoms with E-state index < -0.39 is 27.8 Å². The van der Waals surface area contributed by atoms with Crippen LogP contribution in [0.1, 0.15) is 33.1 Å². The first-order valence-electron chi connectivity index (χ1n) is 6.45. The van der Waals surface area contributed by atoms with Crippen LogP contribution in [-0.4, -0.2) is 42.9 Å². The smallest absolute Gasteiger partial charge is 0.326 e. The summed E-state index contributed by atoms with van der Waals surface area (Å²) >= 11 is 0. The minimum Gasteiger partial charge on any atom is -0.480 e. The standard InChI is InChI=1S/C12H21NO5S/c1-8(2)7-10(12(15)16)13-11(14)9-3-5-19(17,18)6-4-9/h8-10H,3-7H2,1-2H3,(H,13,14)(H,15,16)/t10-/m0/s1. The minimum absolute atomic E-state index is 0.00695. The number of carbonyl (C=O) groups is 2. The molecule has 0 radical (unpaired) electrons. The van der Waals surface area contributed by atoms with Gasteiger partial charge in [0.05, 0.1) is 11.5 Å². The number of carboxylic acid groups (broad SMARTS) is 1. The predicted octanol–water partition coefficient (Wildman–Crippen LogP) is 0.427. The maximum absolute atomic E-state index is 11.9. The topological polar surface area (TPSA) is 101 Å². The number of rotatable bonds is 5. The fraction of sp³-hybridized carbons (Fsp3) is 0.833. The molecule has 110 valence electrons. The number of carboxylic acids is 1. The van der Waals surface area contributed by atoms with Crippen LogP contribution in [0.2, 0.25) is 0 Å². The molecule has 1 atom stereocenters. The van der Waals surface area contributed by atoms with Crippen LogP contribution >= 0.6 is 0 Å². The molecule has 1 amide bonds. The lowest BCUT2D eigenvalue weighted by atomic mass is 9.99. The summed E-state index contributed by atoms with van der Waals surface area (Å²) in [5.41, 5.74) is 0. The first kappa shape index (κ1) is 15.9. The summed E-state index contributed by atoms with van der Waals surface area (Å²) in [6, 6.07) is -0.897. The predicted molar refractivity (Wildman–Crippen MR) is 70.4 cm³/mol. The second-order valence-corrected chi connectivity index (χ2v) is 7.76. The summed E-state index contributed by atoms with van der Waals surface area (Å²) in [5.74, 6) is -1.61. The van der Waals surface area contributed by atoms with E-state index in [4.69, 9.17) is 5.11 Å². The van der Waals surface area contributed by atoms with Gasteiger partial charge in [-0.05, 0) is 25.2 Å². The lowest BCUT2D eigenvalue weighted by Gasteiger charge is -2.24. The zero-order chi connectivity index (χ0) is 14.6. The van der Waals surface area contributed by atoms with E-state index in [2.05, 4.69) is 5.32 Å². The molecule has 0 spiro atoms. The summed E-state index contributed by atoms with van der Waals surface area (Å²) < 4.78 is 22.5. The van der Waals surface area contributed by atoms with Gasteiger partial charge >= 0.3 is 5.97 Å². The molecule has 2 N–H and O–H groups in total. The van der Waals surface area contributed by atoms with Crippen molar-refractivity contribution in [3.8, 4) is 0 Å². The van der Waals surface area contributed by atoms with Gasteiger partial charge in [-0.1, -0.05) is 13.8 Å². The van der Waals surface area contributed by atoms with Crippen LogP contribution in [0.3, 0.4) is 0 Å². The van der Waals surface area contributed by atoms with Crippen molar-refractivity contribution < 1.29 is 23.1 Å². The van der Waals surface area contributed by atoms with Crippen molar-refractivity contribution in [2.45, 2.75) is 39.2 Å². The molecule has 1 rings (SSSR count). The molecule has 0 aromatic heterocycles. The zero-order valence-corrected chi connectivity index (χ0v) is 12.1. The van der Waals surface area contributed by atoms with Gasteiger partial charge in [0.25, 0.3) is 0 Å². The molecule has 7 heteroatoms. The van der Waals surface area contributed by atoms with Crippen molar-refractivity contribution in [2.75, 3.05) is 11.5 Å². The van der Waals surface area contributed by atoms with Gasteiger partial charge in [0, 0.05) is 5.92 Å². The van der Waals surface area contributed by atoms with Crippen molar-refractivity contribution in [3.63, 3.8) is 0 Å². The van der Waals surface area contributed by atoms with Gasteiger partial charge in [0.1, 0.15) is 15.9 Å². The number of nitrogens with one attached hydrogen (secondary N) is 1. The third kappa shape index (κ3) is 5.18. The van der Waals surface area contributed by atoms with E-state index in [1.165, 1.54) is 0 Å². The highest BCUT2D eigenvalue weighted by Gasteiger charge is 2.31. The molecule has 1 heterocycles. The van der Waals surface area contributed by atoms with Crippen LogP contribution in [0.4, 0.5) is 0 Å². The van der Waals surface area contributed by atoms with Gasteiger partial charge in [0.2, 0.25) is 5.91 Å². The fourth-order valence-corrected chi connectivity index (χ4v) is 3.63. The molecule has 6 nitrogen and oxygen atoms in total. The number of hydrogen-bond donors (Lipinski definition) is 2. The zero-order valence-electron chi connectivity index (χ0n) is 11.3.